The summed E-state index contributed by atoms with van der Waals surface area (Å²) < 4.78 is 13.5. The predicted molar refractivity (Wildman–Crippen MR) is 130 cm³/mol. The van der Waals surface area contributed by atoms with Gasteiger partial charge in [0, 0.05) is 43.4 Å². The molecule has 0 aliphatic heterocycles. The van der Waals surface area contributed by atoms with E-state index in [9.17, 15) is 9.18 Å². The molecule has 0 aliphatic carbocycles. The lowest BCUT2D eigenvalue weighted by Crippen LogP contribution is -2.24. The van der Waals surface area contributed by atoms with Gasteiger partial charge in [-0.05, 0) is 53.4 Å². The second-order valence-electron chi connectivity index (χ2n) is 7.78. The number of aromatic nitrogens is 3. The van der Waals surface area contributed by atoms with E-state index in [1.54, 1.807) is 36.9 Å². The molecule has 1 aromatic carbocycles. The van der Waals surface area contributed by atoms with Crippen molar-refractivity contribution in [2.24, 2.45) is 5.73 Å². The first-order valence-corrected chi connectivity index (χ1v) is 10.9. The first-order valence-electron chi connectivity index (χ1n) is 10.9. The lowest BCUT2D eigenvalue weighted by molar-refractivity contribution is -0.118. The van der Waals surface area contributed by atoms with E-state index < -0.39 is 11.8 Å². The number of anilines is 2. The number of pyridine rings is 3. The average Bonchev–Trinajstić information content (AvgIpc) is 2.85. The zero-order chi connectivity index (χ0) is 23.8. The zero-order valence-corrected chi connectivity index (χ0v) is 18.5. The topological polar surface area (TPSA) is 106 Å². The Bertz CT molecular complexity index is 1240. The molecule has 0 bridgehead atoms. The lowest BCUT2D eigenvalue weighted by atomic mass is 9.92. The third-order valence-electron chi connectivity index (χ3n) is 5.33. The average molecular weight is 457 g/mol. The summed E-state index contributed by atoms with van der Waals surface area (Å²) in [7, 11) is 0. The van der Waals surface area contributed by atoms with E-state index in [1.165, 1.54) is 12.1 Å². The Labute approximate surface area is 197 Å². The van der Waals surface area contributed by atoms with Crippen LogP contribution < -0.4 is 16.4 Å². The van der Waals surface area contributed by atoms with Gasteiger partial charge in [0.2, 0.25) is 5.91 Å². The smallest absolute Gasteiger partial charge is 0.229 e. The first-order chi connectivity index (χ1) is 16.6. The molecule has 0 saturated carbocycles. The van der Waals surface area contributed by atoms with Gasteiger partial charge in [-0.1, -0.05) is 30.3 Å². The third kappa shape index (κ3) is 5.92. The van der Waals surface area contributed by atoms with Gasteiger partial charge in [-0.3, -0.25) is 14.8 Å². The van der Waals surface area contributed by atoms with Crippen molar-refractivity contribution < 1.29 is 9.18 Å². The molecular formula is C26H25FN6O. The van der Waals surface area contributed by atoms with Gasteiger partial charge >= 0.3 is 0 Å². The van der Waals surface area contributed by atoms with Crippen LogP contribution in [0, 0.1) is 5.82 Å². The Morgan fingerprint density at radius 3 is 2.44 bits per heavy atom. The number of amides is 1. The second kappa shape index (κ2) is 11.0. The molecule has 4 aromatic rings. The largest absolute Gasteiger partial charge is 0.369 e. The summed E-state index contributed by atoms with van der Waals surface area (Å²) >= 11 is 0. The van der Waals surface area contributed by atoms with E-state index in [0.717, 1.165) is 11.1 Å². The predicted octanol–water partition coefficient (Wildman–Crippen LogP) is 3.89. The summed E-state index contributed by atoms with van der Waals surface area (Å²) in [6.45, 7) is 1.04. The van der Waals surface area contributed by atoms with Crippen molar-refractivity contribution in [3.63, 3.8) is 0 Å². The molecule has 34 heavy (non-hydrogen) atoms. The van der Waals surface area contributed by atoms with Gasteiger partial charge in [0.15, 0.2) is 0 Å². The normalized spacial score (nSPS) is 11.6. The Hall–Kier alpha value is -4.33. The number of nitrogens with one attached hydrogen (secondary N) is 2. The molecule has 3 heterocycles. The van der Waals surface area contributed by atoms with Gasteiger partial charge in [0.25, 0.3) is 0 Å². The number of nitrogens with zero attached hydrogens (tertiary/aromatic N) is 3. The van der Waals surface area contributed by atoms with E-state index in [1.807, 2.05) is 36.4 Å². The second-order valence-corrected chi connectivity index (χ2v) is 7.78. The Balaban J connectivity index is 1.60. The standard InChI is InChI=1S/C26H25FN6O/c27-21-7-1-4-18(14-21)10-13-31-26-22(24(25(28)34)20-6-3-12-30-17-20)8-9-23(33-26)32-16-19-5-2-11-29-15-19/h1-9,11-12,14-15,17,24H,10,13,16H2,(H2,28,34)(H2,31,32,33). The van der Waals surface area contributed by atoms with Gasteiger partial charge in [-0.15, -0.1) is 0 Å². The van der Waals surface area contributed by atoms with Crippen molar-refractivity contribution in [3.05, 3.63) is 114 Å². The molecule has 3 aromatic heterocycles. The number of carbonyl (C=O) groups excluding carboxylic acids is 1. The molecule has 0 fully saturated rings. The van der Waals surface area contributed by atoms with E-state index in [0.29, 0.717) is 42.3 Å². The van der Waals surface area contributed by atoms with Crippen LogP contribution in [0.1, 0.15) is 28.2 Å². The van der Waals surface area contributed by atoms with Gasteiger partial charge in [0.05, 0.1) is 5.92 Å². The highest BCUT2D eigenvalue weighted by Gasteiger charge is 2.24. The molecule has 172 valence electrons. The van der Waals surface area contributed by atoms with Crippen molar-refractivity contribution in [2.75, 3.05) is 17.2 Å². The minimum atomic E-state index is -0.717. The maximum Gasteiger partial charge on any atom is 0.229 e. The van der Waals surface area contributed by atoms with Crippen LogP contribution in [0.4, 0.5) is 16.0 Å². The SMILES string of the molecule is NC(=O)C(c1cccnc1)c1ccc(NCc2cccnc2)nc1NCCc1cccc(F)c1. The minimum Gasteiger partial charge on any atom is -0.369 e. The molecule has 4 rings (SSSR count). The molecule has 1 amide bonds. The maximum absolute atomic E-state index is 13.5. The lowest BCUT2D eigenvalue weighted by Gasteiger charge is -2.19. The molecule has 0 spiro atoms. The fourth-order valence-electron chi connectivity index (χ4n) is 3.70. The number of nitrogens with two attached hydrogens (primary N) is 1. The van der Waals surface area contributed by atoms with Crippen LogP contribution >= 0.6 is 0 Å². The van der Waals surface area contributed by atoms with Crippen molar-refractivity contribution in [3.8, 4) is 0 Å². The Morgan fingerprint density at radius 1 is 0.941 bits per heavy atom. The molecule has 4 N–H and O–H groups in total. The van der Waals surface area contributed by atoms with Gasteiger partial charge < -0.3 is 16.4 Å². The molecule has 1 atom stereocenters. The zero-order valence-electron chi connectivity index (χ0n) is 18.5. The summed E-state index contributed by atoms with van der Waals surface area (Å²) in [5.41, 5.74) is 8.99. The number of halogens is 1. The molecule has 0 radical (unpaired) electrons. The highest BCUT2D eigenvalue weighted by atomic mass is 19.1. The molecule has 7 nitrogen and oxygen atoms in total. The number of primary amides is 1. The molecule has 1 unspecified atom stereocenters. The number of carbonyl (C=O) groups is 1. The molecular weight excluding hydrogens is 431 g/mol. The fourth-order valence-corrected chi connectivity index (χ4v) is 3.70. The third-order valence-corrected chi connectivity index (χ3v) is 5.33. The van der Waals surface area contributed by atoms with Gasteiger partial charge in [-0.25, -0.2) is 9.37 Å². The molecule has 0 saturated heterocycles. The summed E-state index contributed by atoms with van der Waals surface area (Å²) in [5.74, 6) is -0.330. The molecule has 0 aliphatic rings. The van der Waals surface area contributed by atoms with E-state index >= 15 is 0 Å². The summed E-state index contributed by atoms with van der Waals surface area (Å²) in [5, 5.41) is 6.59. The van der Waals surface area contributed by atoms with Crippen LogP contribution in [-0.4, -0.2) is 27.4 Å². The minimum absolute atomic E-state index is 0.275. The highest BCUT2D eigenvalue weighted by molar-refractivity contribution is 5.87. The van der Waals surface area contributed by atoms with Gasteiger partial charge in [0.1, 0.15) is 17.5 Å². The van der Waals surface area contributed by atoms with E-state index in [2.05, 4.69) is 20.6 Å². The number of rotatable bonds is 10. The fraction of sp³-hybridized carbons (Fsp3) is 0.154. The molecule has 8 heteroatoms. The number of hydrogen-bond acceptors (Lipinski definition) is 6. The van der Waals surface area contributed by atoms with Crippen molar-refractivity contribution in [1.82, 2.24) is 15.0 Å². The van der Waals surface area contributed by atoms with Crippen LogP contribution in [0.5, 0.6) is 0 Å². The summed E-state index contributed by atoms with van der Waals surface area (Å²) in [6, 6.07) is 17.5. The van der Waals surface area contributed by atoms with E-state index in [4.69, 9.17) is 10.7 Å². The first kappa shape index (κ1) is 22.8. The number of benzene rings is 1. The highest BCUT2D eigenvalue weighted by Crippen LogP contribution is 2.30. The van der Waals surface area contributed by atoms with Crippen LogP contribution in [-0.2, 0) is 17.8 Å². The van der Waals surface area contributed by atoms with Crippen molar-refractivity contribution in [1.29, 1.82) is 0 Å². The van der Waals surface area contributed by atoms with Crippen LogP contribution in [0.2, 0.25) is 0 Å². The monoisotopic (exact) mass is 456 g/mol. The van der Waals surface area contributed by atoms with Crippen LogP contribution in [0.15, 0.2) is 85.5 Å². The Kier molecular flexibility index (Phi) is 7.39. The van der Waals surface area contributed by atoms with Crippen LogP contribution in [0.25, 0.3) is 0 Å². The van der Waals surface area contributed by atoms with Crippen LogP contribution in [0.3, 0.4) is 0 Å². The number of hydrogen-bond donors (Lipinski definition) is 3. The summed E-state index contributed by atoms with van der Waals surface area (Å²) in [4.78, 5) is 25.4. The Morgan fingerprint density at radius 2 is 1.74 bits per heavy atom. The quantitative estimate of drug-likeness (QED) is 0.334. The van der Waals surface area contributed by atoms with E-state index in [-0.39, 0.29) is 5.82 Å². The van der Waals surface area contributed by atoms with Gasteiger partial charge in [-0.2, -0.15) is 0 Å². The maximum atomic E-state index is 13.5. The van der Waals surface area contributed by atoms with Crippen molar-refractivity contribution >= 4 is 17.5 Å². The van der Waals surface area contributed by atoms with Crippen molar-refractivity contribution in [2.45, 2.75) is 18.9 Å². The summed E-state index contributed by atoms with van der Waals surface area (Å²) in [6.07, 6.45) is 7.36.